The fourth-order valence-corrected chi connectivity index (χ4v) is 4.84. The van der Waals surface area contributed by atoms with E-state index in [9.17, 15) is 4.79 Å². The Hall–Kier alpha value is -2.40. The van der Waals surface area contributed by atoms with E-state index in [1.807, 2.05) is 35.2 Å². The molecule has 4 rings (SSSR count). The lowest BCUT2D eigenvalue weighted by atomic mass is 9.85. The minimum atomic E-state index is -0.349. The van der Waals surface area contributed by atoms with Gasteiger partial charge in [0.25, 0.3) is 0 Å². The van der Waals surface area contributed by atoms with E-state index >= 15 is 0 Å². The van der Waals surface area contributed by atoms with Crippen molar-refractivity contribution in [1.82, 2.24) is 14.8 Å². The summed E-state index contributed by atoms with van der Waals surface area (Å²) >= 11 is 0. The van der Waals surface area contributed by atoms with E-state index in [2.05, 4.69) is 29.8 Å². The van der Waals surface area contributed by atoms with Crippen molar-refractivity contribution in [2.45, 2.75) is 51.6 Å². The number of carbonyl (C=O) groups is 1. The molecule has 154 valence electrons. The second-order valence-electron chi connectivity index (χ2n) is 8.32. The van der Waals surface area contributed by atoms with Crippen molar-refractivity contribution < 1.29 is 9.53 Å². The summed E-state index contributed by atoms with van der Waals surface area (Å²) in [5.74, 6) is 1.23. The maximum Gasteiger partial charge on any atom is 0.243 e. The Morgan fingerprint density at radius 3 is 2.69 bits per heavy atom. The van der Waals surface area contributed by atoms with Gasteiger partial charge in [-0.3, -0.25) is 14.7 Å². The zero-order valence-corrected chi connectivity index (χ0v) is 17.6. The number of nitrogens with zero attached hydrogens (tertiary/aromatic N) is 3. The quantitative estimate of drug-likeness (QED) is 0.750. The molecule has 5 heteroatoms. The Morgan fingerprint density at radius 1 is 1.07 bits per heavy atom. The van der Waals surface area contributed by atoms with Crippen molar-refractivity contribution in [1.29, 1.82) is 0 Å². The van der Waals surface area contributed by atoms with Crippen LogP contribution in [-0.2, 0) is 11.3 Å². The van der Waals surface area contributed by atoms with Crippen LogP contribution < -0.4 is 4.74 Å². The predicted molar refractivity (Wildman–Crippen MR) is 114 cm³/mol. The minimum Gasteiger partial charge on any atom is -0.492 e. The van der Waals surface area contributed by atoms with Gasteiger partial charge >= 0.3 is 0 Å². The van der Waals surface area contributed by atoms with Crippen molar-refractivity contribution in [3.63, 3.8) is 0 Å². The van der Waals surface area contributed by atoms with E-state index in [-0.39, 0.29) is 11.4 Å². The van der Waals surface area contributed by atoms with Crippen molar-refractivity contribution in [3.05, 3.63) is 59.4 Å². The summed E-state index contributed by atoms with van der Waals surface area (Å²) in [5.41, 5.74) is 3.05. The number of amides is 1. The molecule has 2 aromatic rings. The first-order valence-electron chi connectivity index (χ1n) is 10.7. The van der Waals surface area contributed by atoms with Crippen LogP contribution in [0, 0.1) is 13.8 Å². The van der Waals surface area contributed by atoms with Crippen molar-refractivity contribution in [2.24, 2.45) is 0 Å². The molecule has 0 N–H and O–H groups in total. The molecule has 3 heterocycles. The number of likely N-dealkylation sites (tertiary alicyclic amines) is 2. The SMILES string of the molecule is Cc1cccc(OCCN2CCCC23CCCN(Cc2ccccn2)C3=O)c1C. The molecule has 2 aliphatic heterocycles. The summed E-state index contributed by atoms with van der Waals surface area (Å²) in [6.07, 6.45) is 5.83. The molecule has 5 nitrogen and oxygen atoms in total. The normalized spacial score (nSPS) is 22.4. The van der Waals surface area contributed by atoms with Crippen LogP contribution in [0.15, 0.2) is 42.6 Å². The summed E-state index contributed by atoms with van der Waals surface area (Å²) in [6.45, 7) is 8.00. The first-order valence-corrected chi connectivity index (χ1v) is 10.7. The molecule has 0 saturated carbocycles. The number of hydrogen-bond donors (Lipinski definition) is 0. The predicted octanol–water partition coefficient (Wildman–Crippen LogP) is 3.73. The van der Waals surface area contributed by atoms with Gasteiger partial charge in [0.1, 0.15) is 17.9 Å². The lowest BCUT2D eigenvalue weighted by Gasteiger charge is -2.44. The number of aromatic nitrogens is 1. The van der Waals surface area contributed by atoms with E-state index in [4.69, 9.17) is 4.74 Å². The smallest absolute Gasteiger partial charge is 0.243 e. The molecule has 0 aliphatic carbocycles. The van der Waals surface area contributed by atoms with Gasteiger partial charge in [0.2, 0.25) is 5.91 Å². The summed E-state index contributed by atoms with van der Waals surface area (Å²) in [4.78, 5) is 22.3. The molecule has 0 radical (unpaired) electrons. The molecule has 1 spiro atoms. The number of benzene rings is 1. The number of hydrogen-bond acceptors (Lipinski definition) is 4. The topological polar surface area (TPSA) is 45.7 Å². The second-order valence-corrected chi connectivity index (χ2v) is 8.32. The van der Waals surface area contributed by atoms with E-state index in [1.165, 1.54) is 11.1 Å². The highest BCUT2D eigenvalue weighted by molar-refractivity contribution is 5.87. The Balaban J connectivity index is 1.42. The fourth-order valence-electron chi connectivity index (χ4n) is 4.84. The zero-order chi connectivity index (χ0) is 20.3. The standard InChI is InChI=1S/C24H31N3O2/c1-19-8-5-10-22(20(19)2)29-17-16-27-15-7-12-24(27)11-6-14-26(23(24)28)18-21-9-3-4-13-25-21/h3-5,8-10,13H,6-7,11-12,14-18H2,1-2H3. The van der Waals surface area contributed by atoms with Gasteiger partial charge in [0.15, 0.2) is 0 Å². The van der Waals surface area contributed by atoms with E-state index in [1.54, 1.807) is 6.20 Å². The lowest BCUT2D eigenvalue weighted by molar-refractivity contribution is -0.148. The molecule has 0 bridgehead atoms. The number of piperidine rings is 1. The van der Waals surface area contributed by atoms with E-state index < -0.39 is 0 Å². The first-order chi connectivity index (χ1) is 14.1. The van der Waals surface area contributed by atoms with Crippen LogP contribution in [0.25, 0.3) is 0 Å². The van der Waals surface area contributed by atoms with Crippen LogP contribution in [0.2, 0.25) is 0 Å². The number of aryl methyl sites for hydroxylation is 1. The zero-order valence-electron chi connectivity index (χ0n) is 17.6. The Morgan fingerprint density at radius 2 is 1.90 bits per heavy atom. The van der Waals surface area contributed by atoms with Gasteiger partial charge < -0.3 is 9.64 Å². The molecule has 29 heavy (non-hydrogen) atoms. The van der Waals surface area contributed by atoms with Crippen molar-refractivity contribution in [3.8, 4) is 5.75 Å². The number of rotatable bonds is 6. The summed E-state index contributed by atoms with van der Waals surface area (Å²) in [5, 5.41) is 0. The summed E-state index contributed by atoms with van der Waals surface area (Å²) < 4.78 is 6.09. The maximum atomic E-state index is 13.5. The average molecular weight is 394 g/mol. The third-order valence-corrected chi connectivity index (χ3v) is 6.58. The second kappa shape index (κ2) is 8.54. The van der Waals surface area contributed by atoms with Crippen LogP contribution in [0.1, 0.15) is 42.5 Å². The first kappa shape index (κ1) is 19.9. The summed E-state index contributed by atoms with van der Waals surface area (Å²) in [7, 11) is 0. The number of ether oxygens (including phenoxy) is 1. The van der Waals surface area contributed by atoms with Crippen LogP contribution in [0.4, 0.5) is 0 Å². The maximum absolute atomic E-state index is 13.5. The molecule has 1 atom stereocenters. The summed E-state index contributed by atoms with van der Waals surface area (Å²) in [6, 6.07) is 12.1. The molecule has 1 amide bonds. The van der Waals surface area contributed by atoms with Gasteiger partial charge in [-0.1, -0.05) is 18.2 Å². The number of pyridine rings is 1. The van der Waals surface area contributed by atoms with Gasteiger partial charge in [0, 0.05) is 19.3 Å². The van der Waals surface area contributed by atoms with Gasteiger partial charge in [-0.2, -0.15) is 0 Å². The third-order valence-electron chi connectivity index (χ3n) is 6.58. The van der Waals surface area contributed by atoms with Gasteiger partial charge in [-0.25, -0.2) is 0 Å². The molecular formula is C24H31N3O2. The molecule has 1 unspecified atom stereocenters. The number of carbonyl (C=O) groups excluding carboxylic acids is 1. The lowest BCUT2D eigenvalue weighted by Crippen LogP contribution is -2.60. The van der Waals surface area contributed by atoms with Crippen LogP contribution in [0.3, 0.4) is 0 Å². The van der Waals surface area contributed by atoms with E-state index in [0.717, 1.165) is 56.8 Å². The molecule has 2 fully saturated rings. The Labute approximate surface area is 173 Å². The molecule has 1 aromatic heterocycles. The largest absolute Gasteiger partial charge is 0.492 e. The Bertz CT molecular complexity index is 854. The van der Waals surface area contributed by atoms with Gasteiger partial charge in [-0.05, 0) is 75.4 Å². The van der Waals surface area contributed by atoms with Gasteiger partial charge in [0.05, 0.1) is 12.2 Å². The van der Waals surface area contributed by atoms with Gasteiger partial charge in [-0.15, -0.1) is 0 Å². The monoisotopic (exact) mass is 393 g/mol. The fraction of sp³-hybridized carbons (Fsp3) is 0.500. The molecule has 1 aromatic carbocycles. The molecule has 2 aliphatic rings. The average Bonchev–Trinajstić information content (AvgIpc) is 3.13. The molecular weight excluding hydrogens is 362 g/mol. The highest BCUT2D eigenvalue weighted by atomic mass is 16.5. The highest BCUT2D eigenvalue weighted by Crippen LogP contribution is 2.38. The third kappa shape index (κ3) is 4.01. The van der Waals surface area contributed by atoms with E-state index in [0.29, 0.717) is 13.2 Å². The van der Waals surface area contributed by atoms with Crippen molar-refractivity contribution in [2.75, 3.05) is 26.2 Å². The Kier molecular flexibility index (Phi) is 5.86. The highest BCUT2D eigenvalue weighted by Gasteiger charge is 2.50. The molecule has 2 saturated heterocycles. The minimum absolute atomic E-state index is 0.277. The van der Waals surface area contributed by atoms with Crippen molar-refractivity contribution >= 4 is 5.91 Å². The van der Waals surface area contributed by atoms with Crippen LogP contribution in [0.5, 0.6) is 5.75 Å². The van der Waals surface area contributed by atoms with Crippen LogP contribution in [-0.4, -0.2) is 52.5 Å². The van der Waals surface area contributed by atoms with Crippen LogP contribution >= 0.6 is 0 Å².